The topological polar surface area (TPSA) is 81.3 Å². The molecule has 34 heavy (non-hydrogen) atoms. The van der Waals surface area contributed by atoms with E-state index < -0.39 is 0 Å². The molecule has 0 atom stereocenters. The molecular weight excluding hydrogens is 424 g/mol. The number of carbonyl (C=O) groups is 1. The molecule has 0 bridgehead atoms. The molecule has 168 valence electrons. The van der Waals surface area contributed by atoms with Gasteiger partial charge in [0.05, 0.1) is 17.6 Å². The summed E-state index contributed by atoms with van der Waals surface area (Å²) < 4.78 is 5.80. The van der Waals surface area contributed by atoms with E-state index in [4.69, 9.17) is 15.5 Å². The zero-order chi connectivity index (χ0) is 23.1. The van der Waals surface area contributed by atoms with E-state index in [1.165, 1.54) is 6.42 Å². The average Bonchev–Trinajstić information content (AvgIpc) is 2.87. The van der Waals surface area contributed by atoms with Crippen LogP contribution in [-0.4, -0.2) is 22.5 Å². The van der Waals surface area contributed by atoms with Crippen LogP contribution in [0.5, 0.6) is 5.88 Å². The fourth-order valence-corrected chi connectivity index (χ4v) is 4.71. The molecule has 0 saturated heterocycles. The molecule has 6 nitrogen and oxygen atoms in total. The van der Waals surface area contributed by atoms with Gasteiger partial charge in [-0.15, -0.1) is 0 Å². The predicted molar refractivity (Wildman–Crippen MR) is 132 cm³/mol. The summed E-state index contributed by atoms with van der Waals surface area (Å²) in [4.78, 5) is 23.6. The third-order valence-corrected chi connectivity index (χ3v) is 6.76. The number of amides is 1. The monoisotopic (exact) mass is 448 g/mol. The van der Waals surface area contributed by atoms with Gasteiger partial charge in [-0.3, -0.25) is 14.7 Å². The predicted octanol–water partition coefficient (Wildman–Crippen LogP) is 5.21. The van der Waals surface area contributed by atoms with Crippen molar-refractivity contribution < 1.29 is 9.53 Å². The van der Waals surface area contributed by atoms with Crippen molar-refractivity contribution in [2.45, 2.75) is 24.8 Å². The summed E-state index contributed by atoms with van der Waals surface area (Å²) in [6.07, 6.45) is 6.57. The molecule has 2 aromatic carbocycles. The van der Waals surface area contributed by atoms with Gasteiger partial charge < -0.3 is 10.5 Å². The molecule has 0 unspecified atom stereocenters. The highest BCUT2D eigenvalue weighted by Gasteiger charge is 2.34. The summed E-state index contributed by atoms with van der Waals surface area (Å²) in [6.45, 7) is -0.0757. The summed E-state index contributed by atoms with van der Waals surface area (Å²) >= 11 is 0. The van der Waals surface area contributed by atoms with Crippen LogP contribution in [0.2, 0.25) is 0 Å². The molecule has 1 fully saturated rings. The van der Waals surface area contributed by atoms with Gasteiger partial charge in [0.2, 0.25) is 5.88 Å². The molecule has 1 amide bonds. The van der Waals surface area contributed by atoms with E-state index in [9.17, 15) is 4.79 Å². The lowest BCUT2D eigenvalue weighted by molar-refractivity contribution is -0.120. The molecule has 0 spiro atoms. The molecular formula is C28H24N4O2. The number of hydrogen-bond donors (Lipinski definition) is 1. The van der Waals surface area contributed by atoms with Crippen LogP contribution in [0.4, 0.5) is 11.4 Å². The number of ether oxygens (including phenoxy) is 1. The number of anilines is 2. The fraction of sp³-hybridized carbons (Fsp3) is 0.179. The molecule has 1 aliphatic heterocycles. The van der Waals surface area contributed by atoms with Crippen LogP contribution in [-0.2, 0) is 10.3 Å². The van der Waals surface area contributed by atoms with E-state index in [1.807, 2.05) is 48.5 Å². The van der Waals surface area contributed by atoms with E-state index in [1.54, 1.807) is 17.3 Å². The van der Waals surface area contributed by atoms with Gasteiger partial charge in [0, 0.05) is 22.9 Å². The fourth-order valence-electron chi connectivity index (χ4n) is 4.71. The van der Waals surface area contributed by atoms with Gasteiger partial charge in [0.15, 0.2) is 6.61 Å². The van der Waals surface area contributed by atoms with Crippen LogP contribution >= 0.6 is 0 Å². The number of nitrogens with two attached hydrogens (primary N) is 1. The lowest BCUT2D eigenvalue weighted by Gasteiger charge is -2.38. The Labute approximate surface area is 198 Å². The van der Waals surface area contributed by atoms with Crippen molar-refractivity contribution in [3.63, 3.8) is 0 Å². The first-order chi connectivity index (χ1) is 16.6. The molecule has 6 heteroatoms. The summed E-state index contributed by atoms with van der Waals surface area (Å²) in [5, 5.41) is 0. The van der Waals surface area contributed by atoms with Crippen LogP contribution in [0, 0.1) is 0 Å². The highest BCUT2D eigenvalue weighted by Crippen LogP contribution is 2.43. The second-order valence-electron chi connectivity index (χ2n) is 8.89. The van der Waals surface area contributed by atoms with Gasteiger partial charge in [0.25, 0.3) is 5.91 Å². The highest BCUT2D eigenvalue weighted by atomic mass is 16.5. The van der Waals surface area contributed by atoms with E-state index in [0.29, 0.717) is 17.3 Å². The van der Waals surface area contributed by atoms with Crippen molar-refractivity contribution >= 4 is 17.3 Å². The lowest BCUT2D eigenvalue weighted by atomic mass is 9.72. The number of hydrogen-bond acceptors (Lipinski definition) is 5. The van der Waals surface area contributed by atoms with Gasteiger partial charge in [-0.05, 0) is 48.6 Å². The molecule has 1 aliphatic carbocycles. The minimum absolute atomic E-state index is 0.0757. The van der Waals surface area contributed by atoms with Crippen molar-refractivity contribution in [3.05, 3.63) is 90.8 Å². The first-order valence-electron chi connectivity index (χ1n) is 11.5. The van der Waals surface area contributed by atoms with E-state index in [-0.39, 0.29) is 18.1 Å². The molecule has 6 rings (SSSR count). The first kappa shape index (κ1) is 20.6. The molecule has 2 N–H and O–H groups in total. The Hall–Kier alpha value is -4.03. The number of carbonyl (C=O) groups excluding carboxylic acids is 1. The highest BCUT2D eigenvalue weighted by molar-refractivity contribution is 6.05. The normalized spacial score (nSPS) is 16.4. The maximum atomic E-state index is 12.9. The zero-order valence-electron chi connectivity index (χ0n) is 18.6. The van der Waals surface area contributed by atoms with Gasteiger partial charge in [0.1, 0.15) is 5.69 Å². The largest absolute Gasteiger partial charge is 0.466 e. The summed E-state index contributed by atoms with van der Waals surface area (Å²) in [5.41, 5.74) is 12.5. The Kier molecular flexibility index (Phi) is 4.89. The Balaban J connectivity index is 1.51. The van der Waals surface area contributed by atoms with Gasteiger partial charge in [-0.25, -0.2) is 4.98 Å². The van der Waals surface area contributed by atoms with Crippen molar-refractivity contribution in [2.75, 3.05) is 11.5 Å². The minimum Gasteiger partial charge on any atom is -0.466 e. The molecule has 2 aromatic heterocycles. The molecule has 0 radical (unpaired) electrons. The first-order valence-corrected chi connectivity index (χ1v) is 11.5. The smallest absolute Gasteiger partial charge is 0.269 e. The minimum atomic E-state index is -0.211. The van der Waals surface area contributed by atoms with E-state index >= 15 is 0 Å². The van der Waals surface area contributed by atoms with Crippen molar-refractivity contribution in [3.8, 4) is 28.3 Å². The lowest BCUT2D eigenvalue weighted by Crippen LogP contribution is -2.43. The van der Waals surface area contributed by atoms with Crippen molar-refractivity contribution in [1.82, 2.24) is 9.97 Å². The Morgan fingerprint density at radius 3 is 2.41 bits per heavy atom. The Morgan fingerprint density at radius 1 is 0.941 bits per heavy atom. The number of aromatic nitrogens is 2. The number of fused-ring (bicyclic) bond motifs is 1. The maximum Gasteiger partial charge on any atom is 0.269 e. The van der Waals surface area contributed by atoms with Crippen LogP contribution in [0.1, 0.15) is 24.8 Å². The second kappa shape index (κ2) is 8.08. The SMILES string of the molecule is NC1(c2ccc(-c3nc4c(cc3-c3ccccc3)N(c3cccnc3)C(=O)CO4)cc2)CCC1. The number of rotatable bonds is 4. The van der Waals surface area contributed by atoms with Crippen LogP contribution < -0.4 is 15.4 Å². The van der Waals surface area contributed by atoms with Crippen LogP contribution in [0.3, 0.4) is 0 Å². The maximum absolute atomic E-state index is 12.9. The average molecular weight is 449 g/mol. The van der Waals surface area contributed by atoms with E-state index in [2.05, 4.69) is 29.2 Å². The Bertz CT molecular complexity index is 1350. The zero-order valence-corrected chi connectivity index (χ0v) is 18.6. The molecule has 4 aromatic rings. The summed E-state index contributed by atoms with van der Waals surface area (Å²) in [7, 11) is 0. The third kappa shape index (κ3) is 3.43. The third-order valence-electron chi connectivity index (χ3n) is 6.76. The van der Waals surface area contributed by atoms with E-state index in [0.717, 1.165) is 40.8 Å². The number of pyridine rings is 2. The quantitative estimate of drug-likeness (QED) is 0.464. The van der Waals surface area contributed by atoms with Gasteiger partial charge in [-0.1, -0.05) is 54.6 Å². The van der Waals surface area contributed by atoms with Gasteiger partial charge >= 0.3 is 0 Å². The standard InChI is InChI=1S/C28H24N4O2/c29-28(13-5-14-28)21-11-9-20(10-12-21)26-23(19-6-2-1-3-7-19)16-24-27(31-26)34-18-25(33)32(24)22-8-4-15-30-17-22/h1-4,6-12,15-17H,5,13-14,18,29H2. The van der Waals surface area contributed by atoms with Crippen LogP contribution in [0.25, 0.3) is 22.4 Å². The molecule has 2 aliphatic rings. The Morgan fingerprint density at radius 2 is 1.74 bits per heavy atom. The summed E-state index contributed by atoms with van der Waals surface area (Å²) in [5.74, 6) is 0.267. The second-order valence-corrected chi connectivity index (χ2v) is 8.89. The molecule has 1 saturated carbocycles. The van der Waals surface area contributed by atoms with Gasteiger partial charge in [-0.2, -0.15) is 0 Å². The van der Waals surface area contributed by atoms with Crippen molar-refractivity contribution in [2.24, 2.45) is 5.73 Å². The number of benzene rings is 2. The molecule has 3 heterocycles. The summed E-state index contributed by atoms with van der Waals surface area (Å²) in [6, 6.07) is 24.1. The number of nitrogens with zero attached hydrogens (tertiary/aromatic N) is 3. The van der Waals surface area contributed by atoms with Crippen molar-refractivity contribution in [1.29, 1.82) is 0 Å². The van der Waals surface area contributed by atoms with Crippen LogP contribution in [0.15, 0.2) is 85.2 Å².